The molecule has 0 amide bonds. The highest BCUT2D eigenvalue weighted by molar-refractivity contribution is 9.10. The summed E-state index contributed by atoms with van der Waals surface area (Å²) in [6, 6.07) is 2.05. The third kappa shape index (κ3) is 0.865. The maximum atomic E-state index is 4.16. The smallest absolute Gasteiger partial charge is 0.0859 e. The van der Waals surface area contributed by atoms with Gasteiger partial charge in [-0.1, -0.05) is 0 Å². The van der Waals surface area contributed by atoms with Crippen molar-refractivity contribution in [2.75, 3.05) is 0 Å². The van der Waals surface area contributed by atoms with Crippen LogP contribution in [0.15, 0.2) is 21.7 Å². The van der Waals surface area contributed by atoms with Gasteiger partial charge in [0.05, 0.1) is 12.2 Å². The Bertz CT molecular complexity index is 294. The van der Waals surface area contributed by atoms with Crippen molar-refractivity contribution in [2.45, 2.75) is 6.54 Å². The molecule has 0 saturated heterocycles. The summed E-state index contributed by atoms with van der Waals surface area (Å²) in [5.74, 6) is 0. The van der Waals surface area contributed by atoms with Gasteiger partial charge in [0.15, 0.2) is 0 Å². The normalized spacial score (nSPS) is 13.7. The van der Waals surface area contributed by atoms with Crippen LogP contribution < -0.4 is 0 Å². The molecule has 0 atom stereocenters. The molecule has 0 aromatic carbocycles. The summed E-state index contributed by atoms with van der Waals surface area (Å²) in [5, 5.41) is 0. The van der Waals surface area contributed by atoms with Gasteiger partial charge in [0, 0.05) is 22.4 Å². The minimum Gasteiger partial charge on any atom is -0.286 e. The summed E-state index contributed by atoms with van der Waals surface area (Å²) >= 11 is 3.35. The molecule has 0 unspecified atom stereocenters. The van der Waals surface area contributed by atoms with E-state index in [-0.39, 0.29) is 0 Å². The first-order valence-electron chi connectivity index (χ1n) is 3.00. The third-order valence-electron chi connectivity index (χ3n) is 1.44. The average molecular weight is 197 g/mol. The molecule has 0 fully saturated rings. The van der Waals surface area contributed by atoms with Crippen molar-refractivity contribution in [3.63, 3.8) is 0 Å². The van der Waals surface area contributed by atoms with E-state index >= 15 is 0 Å². The first-order chi connectivity index (χ1) is 4.86. The van der Waals surface area contributed by atoms with Crippen molar-refractivity contribution in [3.8, 4) is 0 Å². The molecule has 1 aliphatic heterocycles. The summed E-state index contributed by atoms with van der Waals surface area (Å²) in [4.78, 5) is 8.25. The molecule has 2 rings (SSSR count). The standard InChI is InChI=1S/C7H5BrN2/c8-6-1-5-2-9-4-7(5)10-3-6/h1,3-4H,2H2. The molecule has 2 heterocycles. The van der Waals surface area contributed by atoms with Crippen molar-refractivity contribution in [2.24, 2.45) is 4.99 Å². The number of aliphatic imine (C=N–C) groups is 1. The molecule has 0 radical (unpaired) electrons. The van der Waals surface area contributed by atoms with Crippen LogP contribution in [0.4, 0.5) is 0 Å². The molecular weight excluding hydrogens is 192 g/mol. The molecule has 3 heteroatoms. The lowest BCUT2D eigenvalue weighted by atomic mass is 10.2. The van der Waals surface area contributed by atoms with Crippen LogP contribution in [-0.4, -0.2) is 11.2 Å². The van der Waals surface area contributed by atoms with Gasteiger partial charge in [0.2, 0.25) is 0 Å². The Hall–Kier alpha value is -0.700. The van der Waals surface area contributed by atoms with Crippen LogP contribution in [0.3, 0.4) is 0 Å². The lowest BCUT2D eigenvalue weighted by Crippen LogP contribution is -1.87. The van der Waals surface area contributed by atoms with Crippen molar-refractivity contribution >= 4 is 22.1 Å². The molecule has 0 spiro atoms. The lowest BCUT2D eigenvalue weighted by Gasteiger charge is -1.94. The van der Waals surface area contributed by atoms with Gasteiger partial charge in [0.1, 0.15) is 0 Å². The molecule has 1 aromatic rings. The first kappa shape index (κ1) is 6.04. The van der Waals surface area contributed by atoms with E-state index in [0.29, 0.717) is 0 Å². The molecule has 2 nitrogen and oxygen atoms in total. The Labute approximate surface area is 67.1 Å². The Kier molecular flexibility index (Phi) is 1.31. The minimum absolute atomic E-state index is 0.780. The molecule has 0 bridgehead atoms. The fraction of sp³-hybridized carbons (Fsp3) is 0.143. The van der Waals surface area contributed by atoms with E-state index in [1.807, 2.05) is 6.21 Å². The molecule has 50 valence electrons. The van der Waals surface area contributed by atoms with Gasteiger partial charge >= 0.3 is 0 Å². The van der Waals surface area contributed by atoms with Gasteiger partial charge in [-0.15, -0.1) is 0 Å². The Morgan fingerprint density at radius 1 is 1.50 bits per heavy atom. The molecule has 0 aliphatic carbocycles. The van der Waals surface area contributed by atoms with E-state index in [4.69, 9.17) is 0 Å². The monoisotopic (exact) mass is 196 g/mol. The SMILES string of the molecule is Brc1cnc2c(c1)CN=C2. The maximum absolute atomic E-state index is 4.16. The van der Waals surface area contributed by atoms with Gasteiger partial charge in [-0.2, -0.15) is 0 Å². The molecule has 1 aliphatic rings. The van der Waals surface area contributed by atoms with E-state index in [0.717, 1.165) is 16.7 Å². The molecular formula is C7H5BrN2. The number of aromatic nitrogens is 1. The summed E-state index contributed by atoms with van der Waals surface area (Å²) in [6.07, 6.45) is 3.60. The zero-order chi connectivity index (χ0) is 6.97. The number of hydrogen-bond acceptors (Lipinski definition) is 2. The summed E-state index contributed by atoms with van der Waals surface area (Å²) in [6.45, 7) is 0.780. The number of halogens is 1. The van der Waals surface area contributed by atoms with Gasteiger partial charge in [0.25, 0.3) is 0 Å². The van der Waals surface area contributed by atoms with Crippen LogP contribution >= 0.6 is 15.9 Å². The van der Waals surface area contributed by atoms with E-state index in [2.05, 4.69) is 32.0 Å². The van der Waals surface area contributed by atoms with Crippen LogP contribution in [0.2, 0.25) is 0 Å². The van der Waals surface area contributed by atoms with Crippen LogP contribution in [0.5, 0.6) is 0 Å². The zero-order valence-electron chi connectivity index (χ0n) is 5.21. The van der Waals surface area contributed by atoms with Gasteiger partial charge < -0.3 is 0 Å². The van der Waals surface area contributed by atoms with E-state index in [9.17, 15) is 0 Å². The molecule has 0 N–H and O–H groups in total. The van der Waals surface area contributed by atoms with Gasteiger partial charge in [-0.3, -0.25) is 9.98 Å². The zero-order valence-corrected chi connectivity index (χ0v) is 6.80. The fourth-order valence-corrected chi connectivity index (χ4v) is 1.34. The van der Waals surface area contributed by atoms with Crippen LogP contribution in [-0.2, 0) is 6.54 Å². The van der Waals surface area contributed by atoms with Crippen molar-refractivity contribution < 1.29 is 0 Å². The maximum Gasteiger partial charge on any atom is 0.0859 e. The predicted molar refractivity (Wildman–Crippen MR) is 43.2 cm³/mol. The minimum atomic E-state index is 0.780. The van der Waals surface area contributed by atoms with Gasteiger partial charge in [-0.05, 0) is 22.0 Å². The highest BCUT2D eigenvalue weighted by atomic mass is 79.9. The number of fused-ring (bicyclic) bond motifs is 1. The number of pyridine rings is 1. The van der Waals surface area contributed by atoms with E-state index in [1.54, 1.807) is 6.20 Å². The Balaban J connectivity index is 2.59. The van der Waals surface area contributed by atoms with Crippen molar-refractivity contribution in [1.82, 2.24) is 4.98 Å². The summed E-state index contributed by atoms with van der Waals surface area (Å²) in [5.41, 5.74) is 2.21. The average Bonchev–Trinajstić information content (AvgIpc) is 2.33. The second-order valence-corrected chi connectivity index (χ2v) is 3.08. The molecule has 0 saturated carbocycles. The van der Waals surface area contributed by atoms with Gasteiger partial charge in [-0.25, -0.2) is 0 Å². The second kappa shape index (κ2) is 2.16. The first-order valence-corrected chi connectivity index (χ1v) is 3.80. The van der Waals surface area contributed by atoms with Crippen LogP contribution in [0.1, 0.15) is 11.3 Å². The summed E-state index contributed by atoms with van der Waals surface area (Å²) < 4.78 is 1.02. The Morgan fingerprint density at radius 2 is 2.40 bits per heavy atom. The van der Waals surface area contributed by atoms with Crippen molar-refractivity contribution in [3.05, 3.63) is 28.0 Å². The Morgan fingerprint density at radius 3 is 3.30 bits per heavy atom. The number of rotatable bonds is 0. The predicted octanol–water partition coefficient (Wildman–Crippen LogP) is 1.78. The topological polar surface area (TPSA) is 25.2 Å². The second-order valence-electron chi connectivity index (χ2n) is 2.17. The van der Waals surface area contributed by atoms with Crippen LogP contribution in [0, 0.1) is 0 Å². The lowest BCUT2D eigenvalue weighted by molar-refractivity contribution is 1.09. The molecule has 1 aromatic heterocycles. The van der Waals surface area contributed by atoms with Crippen LogP contribution in [0.25, 0.3) is 0 Å². The highest BCUT2D eigenvalue weighted by Crippen LogP contribution is 2.16. The number of hydrogen-bond donors (Lipinski definition) is 0. The quantitative estimate of drug-likeness (QED) is 0.622. The van der Waals surface area contributed by atoms with Crippen molar-refractivity contribution in [1.29, 1.82) is 0 Å². The highest BCUT2D eigenvalue weighted by Gasteiger charge is 2.06. The molecule has 10 heavy (non-hydrogen) atoms. The van der Waals surface area contributed by atoms with E-state index < -0.39 is 0 Å². The van der Waals surface area contributed by atoms with E-state index in [1.165, 1.54) is 5.56 Å². The number of nitrogens with zero attached hydrogens (tertiary/aromatic N) is 2. The third-order valence-corrected chi connectivity index (χ3v) is 1.88. The summed E-state index contributed by atoms with van der Waals surface area (Å²) in [7, 11) is 0. The largest absolute Gasteiger partial charge is 0.286 e. The fourth-order valence-electron chi connectivity index (χ4n) is 0.965.